The number of hydrogen-bond acceptors (Lipinski definition) is 5. The van der Waals surface area contributed by atoms with E-state index in [-0.39, 0.29) is 5.97 Å². The maximum absolute atomic E-state index is 12.0. The smallest absolute Gasteiger partial charge is 0.330 e. The minimum Gasteiger partial charge on any atom is -0.398 e. The predicted octanol–water partition coefficient (Wildman–Crippen LogP) is 3.53. The van der Waals surface area contributed by atoms with E-state index in [4.69, 9.17) is 16.3 Å². The SMILES string of the molecule is CC(C)c1cc(C2CCN(OC(=O)C(C)(C)C)CC2)c(CN)cc1N. The molecule has 0 bridgehead atoms. The van der Waals surface area contributed by atoms with Crippen LogP contribution in [-0.2, 0) is 16.2 Å². The van der Waals surface area contributed by atoms with Gasteiger partial charge < -0.3 is 16.3 Å². The van der Waals surface area contributed by atoms with Gasteiger partial charge in [-0.25, -0.2) is 4.79 Å². The van der Waals surface area contributed by atoms with Gasteiger partial charge in [0.1, 0.15) is 0 Å². The number of nitrogen functional groups attached to an aromatic ring is 1. The lowest BCUT2D eigenvalue weighted by atomic mass is 9.84. The van der Waals surface area contributed by atoms with Gasteiger partial charge in [0.05, 0.1) is 5.41 Å². The van der Waals surface area contributed by atoms with Crippen molar-refractivity contribution in [3.8, 4) is 0 Å². The number of rotatable bonds is 4. The molecule has 0 unspecified atom stereocenters. The van der Waals surface area contributed by atoms with Crippen LogP contribution in [0, 0.1) is 5.41 Å². The number of carbonyl (C=O) groups excluding carboxylic acids is 1. The summed E-state index contributed by atoms with van der Waals surface area (Å²) in [6.45, 7) is 11.9. The van der Waals surface area contributed by atoms with E-state index in [1.807, 2.05) is 26.8 Å². The van der Waals surface area contributed by atoms with Gasteiger partial charge in [0, 0.05) is 25.3 Å². The first-order valence-electron chi connectivity index (χ1n) is 9.23. The average Bonchev–Trinajstić information content (AvgIpc) is 2.54. The van der Waals surface area contributed by atoms with E-state index in [1.165, 1.54) is 11.1 Å². The summed E-state index contributed by atoms with van der Waals surface area (Å²) in [6, 6.07) is 4.28. The van der Waals surface area contributed by atoms with E-state index < -0.39 is 5.41 Å². The zero-order valence-corrected chi connectivity index (χ0v) is 16.3. The zero-order chi connectivity index (χ0) is 18.8. The third kappa shape index (κ3) is 4.73. The van der Waals surface area contributed by atoms with Crippen LogP contribution in [-0.4, -0.2) is 24.1 Å². The van der Waals surface area contributed by atoms with Crippen molar-refractivity contribution < 1.29 is 9.63 Å². The summed E-state index contributed by atoms with van der Waals surface area (Å²) >= 11 is 0. The molecule has 0 saturated carbocycles. The van der Waals surface area contributed by atoms with Crippen molar-refractivity contribution in [2.45, 2.75) is 65.8 Å². The summed E-state index contributed by atoms with van der Waals surface area (Å²) < 4.78 is 0. The van der Waals surface area contributed by atoms with Crippen LogP contribution in [0.5, 0.6) is 0 Å². The molecule has 1 aromatic carbocycles. The molecule has 1 fully saturated rings. The number of carbonyl (C=O) groups is 1. The normalized spacial score (nSPS) is 17.1. The van der Waals surface area contributed by atoms with E-state index in [2.05, 4.69) is 19.9 Å². The quantitative estimate of drug-likeness (QED) is 0.814. The molecule has 1 saturated heterocycles. The first kappa shape index (κ1) is 19.7. The van der Waals surface area contributed by atoms with Gasteiger partial charge in [-0.1, -0.05) is 19.9 Å². The van der Waals surface area contributed by atoms with Crippen molar-refractivity contribution in [2.24, 2.45) is 11.1 Å². The zero-order valence-electron chi connectivity index (χ0n) is 16.3. The lowest BCUT2D eigenvalue weighted by Gasteiger charge is -2.33. The Bertz CT molecular complexity index is 612. The fraction of sp³-hybridized carbons (Fsp3) is 0.650. The largest absolute Gasteiger partial charge is 0.398 e. The predicted molar refractivity (Wildman–Crippen MR) is 102 cm³/mol. The number of piperidine rings is 1. The summed E-state index contributed by atoms with van der Waals surface area (Å²) in [4.78, 5) is 17.6. The number of benzene rings is 1. The fourth-order valence-corrected chi connectivity index (χ4v) is 3.27. The summed E-state index contributed by atoms with van der Waals surface area (Å²) in [5.41, 5.74) is 16.1. The second kappa shape index (κ2) is 7.75. The minimum atomic E-state index is -0.479. The van der Waals surface area contributed by atoms with Crippen LogP contribution >= 0.6 is 0 Å². The Labute approximate surface area is 151 Å². The Hall–Kier alpha value is -1.59. The van der Waals surface area contributed by atoms with Crippen LogP contribution in [0.15, 0.2) is 12.1 Å². The van der Waals surface area contributed by atoms with Gasteiger partial charge in [0.2, 0.25) is 0 Å². The molecule has 0 atom stereocenters. The minimum absolute atomic E-state index is 0.178. The molecule has 0 aromatic heterocycles. The van der Waals surface area contributed by atoms with Crippen LogP contribution in [0.1, 0.15) is 76.0 Å². The number of anilines is 1. The monoisotopic (exact) mass is 347 g/mol. The molecule has 1 aliphatic rings. The van der Waals surface area contributed by atoms with Gasteiger partial charge in [-0.15, -0.1) is 5.06 Å². The van der Waals surface area contributed by atoms with E-state index in [0.717, 1.165) is 37.2 Å². The molecular weight excluding hydrogens is 314 g/mol. The molecule has 0 aliphatic carbocycles. The van der Waals surface area contributed by atoms with Gasteiger partial charge in [0.25, 0.3) is 0 Å². The van der Waals surface area contributed by atoms with Crippen LogP contribution in [0.4, 0.5) is 5.69 Å². The van der Waals surface area contributed by atoms with Gasteiger partial charge in [-0.05, 0) is 68.2 Å². The van der Waals surface area contributed by atoms with Crippen LogP contribution < -0.4 is 11.5 Å². The third-order valence-corrected chi connectivity index (χ3v) is 4.90. The molecular formula is C20H33N3O2. The van der Waals surface area contributed by atoms with Crippen LogP contribution in [0.2, 0.25) is 0 Å². The molecule has 0 radical (unpaired) electrons. The Morgan fingerprint density at radius 3 is 2.36 bits per heavy atom. The molecule has 0 spiro atoms. The maximum Gasteiger partial charge on any atom is 0.330 e. The fourth-order valence-electron chi connectivity index (χ4n) is 3.27. The highest BCUT2D eigenvalue weighted by Gasteiger charge is 2.29. The molecule has 5 heteroatoms. The topological polar surface area (TPSA) is 81.6 Å². The Morgan fingerprint density at radius 1 is 1.28 bits per heavy atom. The average molecular weight is 348 g/mol. The van der Waals surface area contributed by atoms with Gasteiger partial charge >= 0.3 is 5.97 Å². The van der Waals surface area contributed by atoms with Crippen molar-refractivity contribution in [3.63, 3.8) is 0 Å². The lowest BCUT2D eigenvalue weighted by Crippen LogP contribution is -2.38. The Kier molecular flexibility index (Phi) is 6.12. The molecule has 2 rings (SSSR count). The van der Waals surface area contributed by atoms with Crippen LogP contribution in [0.25, 0.3) is 0 Å². The second-order valence-corrected chi connectivity index (χ2v) is 8.37. The number of nitrogens with zero attached hydrogens (tertiary/aromatic N) is 1. The van der Waals surface area contributed by atoms with Crippen LogP contribution in [0.3, 0.4) is 0 Å². The van der Waals surface area contributed by atoms with E-state index >= 15 is 0 Å². The summed E-state index contributed by atoms with van der Waals surface area (Å²) in [6.07, 6.45) is 1.90. The first-order valence-corrected chi connectivity index (χ1v) is 9.23. The van der Waals surface area contributed by atoms with Gasteiger partial charge in [-0.2, -0.15) is 0 Å². The second-order valence-electron chi connectivity index (χ2n) is 8.37. The highest BCUT2D eigenvalue weighted by molar-refractivity contribution is 5.75. The summed E-state index contributed by atoms with van der Waals surface area (Å²) in [5, 5.41) is 1.80. The lowest BCUT2D eigenvalue weighted by molar-refractivity contribution is -0.204. The first-order chi connectivity index (χ1) is 11.6. The molecule has 1 aromatic rings. The van der Waals surface area contributed by atoms with E-state index in [0.29, 0.717) is 18.4 Å². The molecule has 140 valence electrons. The van der Waals surface area contributed by atoms with Gasteiger partial charge in [0.15, 0.2) is 0 Å². The molecule has 1 aliphatic heterocycles. The van der Waals surface area contributed by atoms with Gasteiger partial charge in [-0.3, -0.25) is 0 Å². The van der Waals surface area contributed by atoms with Crippen molar-refractivity contribution in [1.82, 2.24) is 5.06 Å². The standard InChI is InChI=1S/C20H33N3O2/c1-13(2)16-11-17(15(12-21)10-18(16)22)14-6-8-23(9-7-14)25-19(24)20(3,4)5/h10-11,13-14H,6-9,12,21-22H2,1-5H3. The summed E-state index contributed by atoms with van der Waals surface area (Å²) in [7, 11) is 0. The number of hydroxylamine groups is 2. The van der Waals surface area contributed by atoms with E-state index in [1.54, 1.807) is 5.06 Å². The molecule has 4 N–H and O–H groups in total. The highest BCUT2D eigenvalue weighted by Crippen LogP contribution is 2.35. The Balaban J connectivity index is 2.10. The number of hydrogen-bond donors (Lipinski definition) is 2. The van der Waals surface area contributed by atoms with Crippen molar-refractivity contribution in [1.29, 1.82) is 0 Å². The number of nitrogens with two attached hydrogens (primary N) is 2. The molecule has 1 heterocycles. The van der Waals surface area contributed by atoms with E-state index in [9.17, 15) is 4.79 Å². The van der Waals surface area contributed by atoms with Crippen molar-refractivity contribution in [2.75, 3.05) is 18.8 Å². The highest BCUT2D eigenvalue weighted by atomic mass is 16.7. The molecule has 0 amide bonds. The third-order valence-electron chi connectivity index (χ3n) is 4.90. The molecule has 25 heavy (non-hydrogen) atoms. The summed E-state index contributed by atoms with van der Waals surface area (Å²) in [5.74, 6) is 0.641. The molecule has 5 nitrogen and oxygen atoms in total. The van der Waals surface area contributed by atoms with Crippen molar-refractivity contribution in [3.05, 3.63) is 28.8 Å². The Morgan fingerprint density at radius 2 is 1.88 bits per heavy atom. The maximum atomic E-state index is 12.0. The van der Waals surface area contributed by atoms with Crippen molar-refractivity contribution >= 4 is 11.7 Å².